The predicted octanol–water partition coefficient (Wildman–Crippen LogP) is 4.22. The highest BCUT2D eigenvalue weighted by Crippen LogP contribution is 2.17. The lowest BCUT2D eigenvalue weighted by atomic mass is 10.0. The van der Waals surface area contributed by atoms with E-state index in [1.165, 1.54) is 24.3 Å². The van der Waals surface area contributed by atoms with Gasteiger partial charge in [0, 0.05) is 10.0 Å². The summed E-state index contributed by atoms with van der Waals surface area (Å²) in [6.45, 7) is 5.61. The van der Waals surface area contributed by atoms with E-state index in [2.05, 4.69) is 26.6 Å². The van der Waals surface area contributed by atoms with Gasteiger partial charge in [-0.3, -0.25) is 9.59 Å². The Morgan fingerprint density at radius 1 is 0.923 bits per heavy atom. The number of hydrogen-bond donors (Lipinski definition) is 2. The summed E-state index contributed by atoms with van der Waals surface area (Å²) in [5.41, 5.74) is 1.28. The molecule has 0 bridgehead atoms. The molecule has 2 aromatic carbocycles. The van der Waals surface area contributed by atoms with Gasteiger partial charge < -0.3 is 10.6 Å². The first-order valence-electron chi connectivity index (χ1n) is 8.40. The van der Waals surface area contributed by atoms with Crippen LogP contribution in [0.2, 0.25) is 0 Å². The first-order valence-corrected chi connectivity index (χ1v) is 9.19. The first kappa shape index (κ1) is 20.1. The van der Waals surface area contributed by atoms with E-state index in [0.717, 1.165) is 10.0 Å². The average Bonchev–Trinajstić information content (AvgIpc) is 2.60. The molecule has 0 aliphatic carbocycles. The van der Waals surface area contributed by atoms with Crippen molar-refractivity contribution in [2.75, 3.05) is 0 Å². The van der Waals surface area contributed by atoms with Crippen LogP contribution in [-0.4, -0.2) is 17.9 Å². The fourth-order valence-electron chi connectivity index (χ4n) is 2.50. The van der Waals surface area contributed by atoms with Gasteiger partial charge in [-0.25, -0.2) is 4.39 Å². The quantitative estimate of drug-likeness (QED) is 0.734. The van der Waals surface area contributed by atoms with Gasteiger partial charge in [-0.15, -0.1) is 0 Å². The molecule has 0 aliphatic rings. The summed E-state index contributed by atoms with van der Waals surface area (Å²) in [7, 11) is 0. The summed E-state index contributed by atoms with van der Waals surface area (Å²) in [6.07, 6.45) is 0. The summed E-state index contributed by atoms with van der Waals surface area (Å²) >= 11 is 3.38. The van der Waals surface area contributed by atoms with Crippen molar-refractivity contribution in [1.82, 2.24) is 10.6 Å². The second-order valence-electron chi connectivity index (χ2n) is 6.48. The van der Waals surface area contributed by atoms with Crippen LogP contribution in [0.3, 0.4) is 0 Å². The lowest BCUT2D eigenvalue weighted by molar-refractivity contribution is -0.124. The van der Waals surface area contributed by atoms with E-state index in [-0.39, 0.29) is 17.9 Å². The van der Waals surface area contributed by atoms with Crippen LogP contribution in [0.15, 0.2) is 53.0 Å². The molecular weight excluding hydrogens is 399 g/mol. The Labute approximate surface area is 161 Å². The maximum absolute atomic E-state index is 13.0. The van der Waals surface area contributed by atoms with Crippen molar-refractivity contribution < 1.29 is 14.0 Å². The third kappa shape index (κ3) is 5.39. The second kappa shape index (κ2) is 8.94. The number of benzene rings is 2. The zero-order valence-electron chi connectivity index (χ0n) is 14.9. The molecule has 0 aromatic heterocycles. The number of nitrogens with one attached hydrogen (secondary N) is 2. The molecule has 0 saturated heterocycles. The van der Waals surface area contributed by atoms with Crippen LogP contribution in [0.1, 0.15) is 42.7 Å². The van der Waals surface area contributed by atoms with Gasteiger partial charge in [0.05, 0.1) is 6.04 Å². The van der Waals surface area contributed by atoms with Crippen molar-refractivity contribution in [3.63, 3.8) is 0 Å². The maximum atomic E-state index is 13.0. The predicted molar refractivity (Wildman–Crippen MR) is 103 cm³/mol. The van der Waals surface area contributed by atoms with Gasteiger partial charge in [-0.2, -0.15) is 0 Å². The van der Waals surface area contributed by atoms with Crippen molar-refractivity contribution in [1.29, 1.82) is 0 Å². The van der Waals surface area contributed by atoms with Crippen molar-refractivity contribution in [2.24, 2.45) is 5.92 Å². The van der Waals surface area contributed by atoms with E-state index in [1.54, 1.807) is 0 Å². The van der Waals surface area contributed by atoms with Crippen molar-refractivity contribution in [3.8, 4) is 0 Å². The van der Waals surface area contributed by atoms with E-state index in [9.17, 15) is 14.0 Å². The summed E-state index contributed by atoms with van der Waals surface area (Å²) in [5.74, 6) is -1.18. The summed E-state index contributed by atoms with van der Waals surface area (Å²) in [4.78, 5) is 25.0. The largest absolute Gasteiger partial charge is 0.348 e. The Bertz CT molecular complexity index is 760. The van der Waals surface area contributed by atoms with Crippen molar-refractivity contribution in [2.45, 2.75) is 32.9 Å². The Balaban J connectivity index is 2.05. The van der Waals surface area contributed by atoms with Gasteiger partial charge in [-0.05, 0) is 54.8 Å². The molecule has 0 fully saturated rings. The number of amides is 2. The molecular formula is C20H22BrFN2O2. The van der Waals surface area contributed by atoms with E-state index in [1.807, 2.05) is 45.0 Å². The van der Waals surface area contributed by atoms with Crippen molar-refractivity contribution >= 4 is 27.7 Å². The first-order chi connectivity index (χ1) is 12.3. The van der Waals surface area contributed by atoms with E-state index < -0.39 is 17.8 Å². The topological polar surface area (TPSA) is 58.2 Å². The average molecular weight is 421 g/mol. The molecule has 2 rings (SSSR count). The monoisotopic (exact) mass is 420 g/mol. The van der Waals surface area contributed by atoms with Crippen molar-refractivity contribution in [3.05, 3.63) is 69.9 Å². The fraction of sp³-hybridized carbons (Fsp3) is 0.300. The minimum Gasteiger partial charge on any atom is -0.348 e. The Kier molecular flexibility index (Phi) is 6.91. The number of hydrogen-bond acceptors (Lipinski definition) is 2. The minimum absolute atomic E-state index is 0.100. The molecule has 6 heteroatoms. The molecule has 2 N–H and O–H groups in total. The highest BCUT2D eigenvalue weighted by Gasteiger charge is 2.26. The Morgan fingerprint density at radius 2 is 1.50 bits per heavy atom. The van der Waals surface area contributed by atoms with E-state index in [0.29, 0.717) is 5.56 Å². The highest BCUT2D eigenvalue weighted by atomic mass is 79.9. The molecule has 0 radical (unpaired) electrons. The Hall–Kier alpha value is -2.21. The molecule has 2 atom stereocenters. The third-order valence-electron chi connectivity index (χ3n) is 4.07. The molecule has 1 unspecified atom stereocenters. The molecule has 2 amide bonds. The van der Waals surface area contributed by atoms with Gasteiger partial charge in [0.25, 0.3) is 5.91 Å². The van der Waals surface area contributed by atoms with Crippen LogP contribution < -0.4 is 10.6 Å². The SMILES string of the molecule is CC(NC(=O)[C@@H](NC(=O)c1ccc(F)cc1)C(C)C)c1ccc(Br)cc1. The molecule has 0 aliphatic heterocycles. The van der Waals surface area contributed by atoms with Gasteiger partial charge in [0.2, 0.25) is 5.91 Å². The highest BCUT2D eigenvalue weighted by molar-refractivity contribution is 9.10. The third-order valence-corrected chi connectivity index (χ3v) is 4.60. The van der Waals surface area contributed by atoms with Crippen LogP contribution in [0.4, 0.5) is 4.39 Å². The lowest BCUT2D eigenvalue weighted by Crippen LogP contribution is -2.50. The number of halogens is 2. The summed E-state index contributed by atoms with van der Waals surface area (Å²) in [5, 5.41) is 5.67. The second-order valence-corrected chi connectivity index (χ2v) is 7.40. The van der Waals surface area contributed by atoms with Crippen LogP contribution in [0.25, 0.3) is 0 Å². The molecule has 26 heavy (non-hydrogen) atoms. The lowest BCUT2D eigenvalue weighted by Gasteiger charge is -2.24. The van der Waals surface area contributed by atoms with E-state index in [4.69, 9.17) is 0 Å². The number of carbonyl (C=O) groups excluding carboxylic acids is 2. The summed E-state index contributed by atoms with van der Waals surface area (Å²) in [6, 6.07) is 12.0. The molecule has 0 saturated carbocycles. The molecule has 4 nitrogen and oxygen atoms in total. The van der Waals surface area contributed by atoms with Crippen LogP contribution in [-0.2, 0) is 4.79 Å². The molecule has 0 heterocycles. The standard InChI is InChI=1S/C20H22BrFN2O2/c1-12(2)18(24-19(25)15-6-10-17(22)11-7-15)20(26)23-13(3)14-4-8-16(21)9-5-14/h4-13,18H,1-3H3,(H,23,26)(H,24,25)/t13?,18-/m0/s1. The number of rotatable bonds is 6. The van der Waals surface area contributed by atoms with Crippen LogP contribution in [0.5, 0.6) is 0 Å². The fourth-order valence-corrected chi connectivity index (χ4v) is 2.76. The summed E-state index contributed by atoms with van der Waals surface area (Å²) < 4.78 is 14.0. The smallest absolute Gasteiger partial charge is 0.251 e. The minimum atomic E-state index is -0.689. The van der Waals surface area contributed by atoms with Gasteiger partial charge >= 0.3 is 0 Å². The Morgan fingerprint density at radius 3 is 2.04 bits per heavy atom. The van der Waals surface area contributed by atoms with Gasteiger partial charge in [-0.1, -0.05) is 41.9 Å². The van der Waals surface area contributed by atoms with Gasteiger partial charge in [0.15, 0.2) is 0 Å². The van der Waals surface area contributed by atoms with Crippen LogP contribution in [0, 0.1) is 11.7 Å². The van der Waals surface area contributed by atoms with Gasteiger partial charge in [0.1, 0.15) is 11.9 Å². The molecule has 138 valence electrons. The normalized spacial score (nSPS) is 13.2. The zero-order valence-corrected chi connectivity index (χ0v) is 16.5. The maximum Gasteiger partial charge on any atom is 0.251 e. The van der Waals surface area contributed by atoms with E-state index >= 15 is 0 Å². The van der Waals surface area contributed by atoms with Crippen LogP contribution >= 0.6 is 15.9 Å². The molecule has 0 spiro atoms. The molecule has 2 aromatic rings. The zero-order chi connectivity index (χ0) is 19.3. The number of carbonyl (C=O) groups is 2.